The molecular weight excluding hydrogens is 342 g/mol. The fourth-order valence-electron chi connectivity index (χ4n) is 2.54. The highest BCUT2D eigenvalue weighted by molar-refractivity contribution is 7.13. The monoisotopic (exact) mass is 352 g/mol. The fourth-order valence-corrected chi connectivity index (χ4v) is 3.19. The third-order valence-electron chi connectivity index (χ3n) is 3.66. The van der Waals surface area contributed by atoms with E-state index >= 15 is 0 Å². The maximum Gasteiger partial charge on any atom is 0.275 e. The van der Waals surface area contributed by atoms with Crippen LogP contribution in [0.25, 0.3) is 21.5 Å². The van der Waals surface area contributed by atoms with Crippen LogP contribution in [-0.4, -0.2) is 20.7 Å². The zero-order valence-electron chi connectivity index (χ0n) is 12.7. The van der Waals surface area contributed by atoms with Gasteiger partial charge in [-0.15, -0.1) is 11.3 Å². The number of oxazole rings is 1. The van der Waals surface area contributed by atoms with E-state index in [4.69, 9.17) is 4.42 Å². The second-order valence-electron chi connectivity index (χ2n) is 5.27. The molecule has 0 saturated heterocycles. The van der Waals surface area contributed by atoms with Gasteiger partial charge in [0, 0.05) is 5.39 Å². The Hall–Kier alpha value is -3.26. The maximum atomic E-state index is 12.6. The number of benzene rings is 1. The first-order valence-electron chi connectivity index (χ1n) is 7.33. The van der Waals surface area contributed by atoms with Gasteiger partial charge in [-0.25, -0.2) is 9.67 Å². The van der Waals surface area contributed by atoms with Crippen molar-refractivity contribution in [1.29, 1.82) is 0 Å². The molecule has 0 spiro atoms. The maximum absolute atomic E-state index is 12.6. The Balaban J connectivity index is 1.78. The second-order valence-corrected chi connectivity index (χ2v) is 6.21. The summed E-state index contributed by atoms with van der Waals surface area (Å²) in [6.45, 7) is -0.00117. The number of aromatic nitrogens is 3. The van der Waals surface area contributed by atoms with Gasteiger partial charge in [0.25, 0.3) is 5.56 Å². The summed E-state index contributed by atoms with van der Waals surface area (Å²) in [7, 11) is 0. The van der Waals surface area contributed by atoms with Crippen molar-refractivity contribution in [3.05, 3.63) is 69.8 Å². The van der Waals surface area contributed by atoms with Crippen molar-refractivity contribution < 1.29 is 14.3 Å². The van der Waals surface area contributed by atoms with Crippen LogP contribution in [0.1, 0.15) is 16.2 Å². The standard InChI is InChI=1S/C17H11N3O4S/c21-16-12-5-2-1-4-11(12)14(17(22)23)19-20(16)8-10-9-24-15(18-10)13-6-3-7-25-13/h1-7,9H,8H2,(H,22,23)/p-1. The smallest absolute Gasteiger partial charge is 0.275 e. The second kappa shape index (κ2) is 5.99. The van der Waals surface area contributed by atoms with E-state index in [0.29, 0.717) is 11.6 Å². The number of hydrogen-bond acceptors (Lipinski definition) is 7. The van der Waals surface area contributed by atoms with Gasteiger partial charge in [0.05, 0.1) is 22.8 Å². The molecule has 124 valence electrons. The summed E-state index contributed by atoms with van der Waals surface area (Å²) in [5.41, 5.74) is -0.212. The topological polar surface area (TPSA) is 101 Å². The minimum Gasteiger partial charge on any atom is -0.543 e. The molecule has 7 nitrogen and oxygen atoms in total. The van der Waals surface area contributed by atoms with E-state index in [1.807, 2.05) is 17.5 Å². The first-order chi connectivity index (χ1) is 12.1. The van der Waals surface area contributed by atoms with Gasteiger partial charge in [0.2, 0.25) is 5.89 Å². The molecule has 0 amide bonds. The fraction of sp³-hybridized carbons (Fsp3) is 0.0588. The molecule has 0 atom stereocenters. The summed E-state index contributed by atoms with van der Waals surface area (Å²) in [5.74, 6) is -0.997. The Labute approximate surface area is 144 Å². The quantitative estimate of drug-likeness (QED) is 0.552. The molecule has 0 radical (unpaired) electrons. The lowest BCUT2D eigenvalue weighted by molar-refractivity contribution is -0.255. The summed E-state index contributed by atoms with van der Waals surface area (Å²) >= 11 is 1.48. The Morgan fingerprint density at radius 3 is 2.72 bits per heavy atom. The molecule has 0 aliphatic carbocycles. The van der Waals surface area contributed by atoms with E-state index < -0.39 is 11.5 Å². The van der Waals surface area contributed by atoms with E-state index in [1.54, 1.807) is 18.2 Å². The number of hydrogen-bond donors (Lipinski definition) is 0. The number of fused-ring (bicyclic) bond motifs is 1. The number of rotatable bonds is 4. The number of nitrogens with zero attached hydrogens (tertiary/aromatic N) is 3. The van der Waals surface area contributed by atoms with Gasteiger partial charge in [0.1, 0.15) is 17.7 Å². The van der Waals surface area contributed by atoms with E-state index in [9.17, 15) is 14.7 Å². The van der Waals surface area contributed by atoms with Crippen molar-refractivity contribution in [2.75, 3.05) is 0 Å². The third kappa shape index (κ3) is 2.72. The summed E-state index contributed by atoms with van der Waals surface area (Å²) in [4.78, 5) is 29.1. The molecule has 0 aliphatic rings. The van der Waals surface area contributed by atoms with Crippen LogP contribution in [0, 0.1) is 0 Å². The minimum absolute atomic E-state index is 0.00117. The van der Waals surface area contributed by atoms with E-state index in [2.05, 4.69) is 10.1 Å². The van der Waals surface area contributed by atoms with Crippen LogP contribution in [-0.2, 0) is 6.54 Å². The lowest BCUT2D eigenvalue weighted by Gasteiger charge is -2.10. The lowest BCUT2D eigenvalue weighted by atomic mass is 10.1. The molecule has 0 unspecified atom stereocenters. The van der Waals surface area contributed by atoms with Gasteiger partial charge in [-0.2, -0.15) is 5.10 Å². The van der Waals surface area contributed by atoms with Crippen molar-refractivity contribution in [3.8, 4) is 10.8 Å². The van der Waals surface area contributed by atoms with Gasteiger partial charge in [-0.05, 0) is 17.5 Å². The van der Waals surface area contributed by atoms with Gasteiger partial charge in [-0.1, -0.05) is 24.3 Å². The van der Waals surface area contributed by atoms with Crippen LogP contribution in [0.15, 0.2) is 57.3 Å². The molecule has 0 bridgehead atoms. The average Bonchev–Trinajstić information content (AvgIpc) is 3.28. The predicted octanol–water partition coefficient (Wildman–Crippen LogP) is 1.52. The summed E-state index contributed by atoms with van der Waals surface area (Å²) in [5, 5.41) is 17.7. The first-order valence-corrected chi connectivity index (χ1v) is 8.21. The molecule has 25 heavy (non-hydrogen) atoms. The molecule has 1 aromatic carbocycles. The zero-order chi connectivity index (χ0) is 17.4. The number of carboxylic acids is 1. The highest BCUT2D eigenvalue weighted by Crippen LogP contribution is 2.23. The SMILES string of the molecule is O=C([O-])c1nn(Cc2coc(-c3cccs3)n2)c(=O)c2ccccc12. The minimum atomic E-state index is -1.44. The van der Waals surface area contributed by atoms with Crippen molar-refractivity contribution in [3.63, 3.8) is 0 Å². The summed E-state index contributed by atoms with van der Waals surface area (Å²) in [6.07, 6.45) is 1.43. The van der Waals surface area contributed by atoms with Gasteiger partial charge >= 0.3 is 0 Å². The Kier molecular flexibility index (Phi) is 3.66. The summed E-state index contributed by atoms with van der Waals surface area (Å²) < 4.78 is 6.47. The van der Waals surface area contributed by atoms with Crippen molar-refractivity contribution in [2.45, 2.75) is 6.54 Å². The van der Waals surface area contributed by atoms with Gasteiger partial charge < -0.3 is 14.3 Å². The highest BCUT2D eigenvalue weighted by atomic mass is 32.1. The third-order valence-corrected chi connectivity index (χ3v) is 4.51. The number of aromatic carboxylic acids is 1. The first kappa shape index (κ1) is 15.3. The highest BCUT2D eigenvalue weighted by Gasteiger charge is 2.13. The molecule has 0 fully saturated rings. The number of thiophene rings is 1. The number of carboxylic acid groups (broad SMARTS) is 1. The van der Waals surface area contributed by atoms with Crippen LogP contribution in [0.5, 0.6) is 0 Å². The predicted molar refractivity (Wildman–Crippen MR) is 89.3 cm³/mol. The van der Waals surface area contributed by atoms with Gasteiger partial charge in [0.15, 0.2) is 0 Å². The largest absolute Gasteiger partial charge is 0.543 e. The Bertz CT molecular complexity index is 1130. The normalized spacial score (nSPS) is 11.0. The molecule has 4 aromatic rings. The van der Waals surface area contributed by atoms with Crippen molar-refractivity contribution in [1.82, 2.24) is 14.8 Å². The Morgan fingerprint density at radius 2 is 2.00 bits per heavy atom. The Morgan fingerprint density at radius 1 is 1.20 bits per heavy atom. The van der Waals surface area contributed by atoms with Gasteiger partial charge in [-0.3, -0.25) is 4.79 Å². The van der Waals surface area contributed by atoms with Crippen LogP contribution in [0.4, 0.5) is 0 Å². The molecule has 8 heteroatoms. The molecular formula is C17H10N3O4S-. The van der Waals surface area contributed by atoms with Crippen molar-refractivity contribution >= 4 is 28.1 Å². The summed E-state index contributed by atoms with van der Waals surface area (Å²) in [6, 6.07) is 10.1. The van der Waals surface area contributed by atoms with E-state index in [-0.39, 0.29) is 23.0 Å². The molecule has 4 rings (SSSR count). The van der Waals surface area contributed by atoms with E-state index in [1.165, 1.54) is 23.7 Å². The van der Waals surface area contributed by atoms with Crippen LogP contribution < -0.4 is 10.7 Å². The molecule has 0 aliphatic heterocycles. The molecule has 0 saturated carbocycles. The van der Waals surface area contributed by atoms with Crippen LogP contribution in [0.2, 0.25) is 0 Å². The lowest BCUT2D eigenvalue weighted by Crippen LogP contribution is -2.31. The average molecular weight is 352 g/mol. The van der Waals surface area contributed by atoms with Crippen molar-refractivity contribution in [2.24, 2.45) is 0 Å². The molecule has 0 N–H and O–H groups in total. The van der Waals surface area contributed by atoms with E-state index in [0.717, 1.165) is 9.56 Å². The van der Waals surface area contributed by atoms with Crippen LogP contribution >= 0.6 is 11.3 Å². The zero-order valence-corrected chi connectivity index (χ0v) is 13.5. The molecule has 3 heterocycles. The number of carbonyl (C=O) groups is 1. The molecule has 3 aromatic heterocycles. The number of carbonyl (C=O) groups excluding carboxylic acids is 1. The van der Waals surface area contributed by atoms with Crippen LogP contribution in [0.3, 0.4) is 0 Å².